The van der Waals surface area contributed by atoms with Gasteiger partial charge in [-0.2, -0.15) is 0 Å². The molecular formula is C13H20ClNO. The minimum absolute atomic E-state index is 0.711. The summed E-state index contributed by atoms with van der Waals surface area (Å²) >= 11 is 5.57. The molecule has 1 N–H and O–H groups in total. The summed E-state index contributed by atoms with van der Waals surface area (Å²) in [6, 6.07) is 10.3. The first-order valence-electron chi connectivity index (χ1n) is 5.82. The molecule has 0 unspecified atom stereocenters. The number of rotatable bonds is 9. The van der Waals surface area contributed by atoms with Gasteiger partial charge in [-0.1, -0.05) is 30.3 Å². The van der Waals surface area contributed by atoms with Crippen LogP contribution in [0.5, 0.6) is 0 Å². The zero-order chi connectivity index (χ0) is 11.5. The molecule has 0 radical (unpaired) electrons. The standard InChI is InChI=1S/C13H20ClNO/c14-8-4-9-15-10-5-11-16-12-13-6-2-1-3-7-13/h1-3,6-7,15H,4-5,8-12H2. The van der Waals surface area contributed by atoms with Crippen LogP contribution in [0.3, 0.4) is 0 Å². The molecule has 2 nitrogen and oxygen atoms in total. The van der Waals surface area contributed by atoms with Gasteiger partial charge in [-0.15, -0.1) is 11.6 Å². The molecule has 0 aliphatic heterocycles. The third kappa shape index (κ3) is 6.83. The predicted molar refractivity (Wildman–Crippen MR) is 68.9 cm³/mol. The molecule has 90 valence electrons. The van der Waals surface area contributed by atoms with Crippen LogP contribution < -0.4 is 5.32 Å². The third-order valence-corrected chi connectivity index (χ3v) is 2.51. The van der Waals surface area contributed by atoms with Gasteiger partial charge in [-0.05, 0) is 31.5 Å². The summed E-state index contributed by atoms with van der Waals surface area (Å²) in [5.41, 5.74) is 1.23. The van der Waals surface area contributed by atoms with E-state index in [1.165, 1.54) is 5.56 Å². The van der Waals surface area contributed by atoms with Gasteiger partial charge >= 0.3 is 0 Å². The average Bonchev–Trinajstić information content (AvgIpc) is 2.34. The highest BCUT2D eigenvalue weighted by Crippen LogP contribution is 2.00. The summed E-state index contributed by atoms with van der Waals surface area (Å²) < 4.78 is 5.56. The fraction of sp³-hybridized carbons (Fsp3) is 0.538. The molecular weight excluding hydrogens is 222 g/mol. The van der Waals surface area contributed by atoms with Crippen LogP contribution in [0.1, 0.15) is 18.4 Å². The first kappa shape index (κ1) is 13.5. The number of alkyl halides is 1. The second-order valence-electron chi connectivity index (χ2n) is 3.68. The number of hydrogen-bond acceptors (Lipinski definition) is 2. The molecule has 1 aromatic rings. The molecule has 1 rings (SSSR count). The van der Waals surface area contributed by atoms with Crippen LogP contribution in [0.2, 0.25) is 0 Å². The number of halogens is 1. The van der Waals surface area contributed by atoms with Crippen molar-refractivity contribution in [1.29, 1.82) is 0 Å². The van der Waals surface area contributed by atoms with Crippen LogP contribution >= 0.6 is 11.6 Å². The predicted octanol–water partition coefficient (Wildman–Crippen LogP) is 2.81. The van der Waals surface area contributed by atoms with Crippen molar-refractivity contribution in [3.8, 4) is 0 Å². The van der Waals surface area contributed by atoms with E-state index in [4.69, 9.17) is 16.3 Å². The van der Waals surface area contributed by atoms with Crippen molar-refractivity contribution in [3.63, 3.8) is 0 Å². The molecule has 0 aliphatic carbocycles. The molecule has 0 heterocycles. The first-order valence-corrected chi connectivity index (χ1v) is 6.35. The monoisotopic (exact) mass is 241 g/mol. The smallest absolute Gasteiger partial charge is 0.0716 e. The van der Waals surface area contributed by atoms with Crippen LogP contribution in [0, 0.1) is 0 Å². The van der Waals surface area contributed by atoms with E-state index in [2.05, 4.69) is 17.4 Å². The molecule has 16 heavy (non-hydrogen) atoms. The van der Waals surface area contributed by atoms with E-state index in [9.17, 15) is 0 Å². The third-order valence-electron chi connectivity index (χ3n) is 2.24. The quantitative estimate of drug-likeness (QED) is 0.530. The van der Waals surface area contributed by atoms with E-state index >= 15 is 0 Å². The average molecular weight is 242 g/mol. The van der Waals surface area contributed by atoms with Crippen molar-refractivity contribution < 1.29 is 4.74 Å². The Morgan fingerprint density at radius 1 is 1.06 bits per heavy atom. The van der Waals surface area contributed by atoms with Gasteiger partial charge in [0.15, 0.2) is 0 Å². The Bertz CT molecular complexity index is 253. The van der Waals surface area contributed by atoms with Crippen molar-refractivity contribution in [2.45, 2.75) is 19.4 Å². The maximum Gasteiger partial charge on any atom is 0.0716 e. The van der Waals surface area contributed by atoms with E-state index in [1.54, 1.807) is 0 Å². The van der Waals surface area contributed by atoms with Gasteiger partial charge in [0.05, 0.1) is 6.61 Å². The number of benzene rings is 1. The van der Waals surface area contributed by atoms with Gasteiger partial charge in [0, 0.05) is 12.5 Å². The molecule has 0 fully saturated rings. The largest absolute Gasteiger partial charge is 0.377 e. The van der Waals surface area contributed by atoms with Crippen LogP contribution in [-0.4, -0.2) is 25.6 Å². The van der Waals surface area contributed by atoms with Crippen LogP contribution in [-0.2, 0) is 11.3 Å². The van der Waals surface area contributed by atoms with Crippen LogP contribution in [0.15, 0.2) is 30.3 Å². The summed E-state index contributed by atoms with van der Waals surface area (Å²) in [7, 11) is 0. The SMILES string of the molecule is ClCCCNCCCOCc1ccccc1. The normalized spacial score (nSPS) is 10.6. The van der Waals surface area contributed by atoms with E-state index in [-0.39, 0.29) is 0 Å². The second-order valence-corrected chi connectivity index (χ2v) is 4.06. The zero-order valence-electron chi connectivity index (χ0n) is 9.62. The molecule has 1 aromatic carbocycles. The Hall–Kier alpha value is -0.570. The minimum atomic E-state index is 0.711. The lowest BCUT2D eigenvalue weighted by atomic mass is 10.2. The summed E-state index contributed by atoms with van der Waals surface area (Å²) in [5, 5.41) is 3.32. The Balaban J connectivity index is 1.89. The summed E-state index contributed by atoms with van der Waals surface area (Å²) in [6.45, 7) is 3.53. The highest BCUT2D eigenvalue weighted by Gasteiger charge is 1.92. The van der Waals surface area contributed by atoms with Gasteiger partial charge in [0.25, 0.3) is 0 Å². The Kier molecular flexibility index (Phi) is 8.13. The Labute approximate surface area is 103 Å². The fourth-order valence-corrected chi connectivity index (χ4v) is 1.51. The van der Waals surface area contributed by atoms with Crippen molar-refractivity contribution >= 4 is 11.6 Å². The van der Waals surface area contributed by atoms with E-state index in [1.807, 2.05) is 18.2 Å². The van der Waals surface area contributed by atoms with Crippen molar-refractivity contribution in [2.75, 3.05) is 25.6 Å². The molecule has 0 saturated heterocycles. The first-order chi connectivity index (χ1) is 7.93. The van der Waals surface area contributed by atoms with Crippen LogP contribution in [0.25, 0.3) is 0 Å². The van der Waals surface area contributed by atoms with E-state index in [0.717, 1.165) is 38.4 Å². The second kappa shape index (κ2) is 9.64. The van der Waals surface area contributed by atoms with Gasteiger partial charge in [0.2, 0.25) is 0 Å². The Morgan fingerprint density at radius 3 is 2.56 bits per heavy atom. The lowest BCUT2D eigenvalue weighted by molar-refractivity contribution is 0.118. The fourth-order valence-electron chi connectivity index (χ4n) is 1.38. The van der Waals surface area contributed by atoms with Gasteiger partial charge in [-0.25, -0.2) is 0 Å². The van der Waals surface area contributed by atoms with Crippen molar-refractivity contribution in [3.05, 3.63) is 35.9 Å². The highest BCUT2D eigenvalue weighted by atomic mass is 35.5. The van der Waals surface area contributed by atoms with E-state index < -0.39 is 0 Å². The molecule has 0 aliphatic rings. The molecule has 0 amide bonds. The number of nitrogens with one attached hydrogen (secondary N) is 1. The minimum Gasteiger partial charge on any atom is -0.377 e. The summed E-state index contributed by atoms with van der Waals surface area (Å²) in [4.78, 5) is 0. The summed E-state index contributed by atoms with van der Waals surface area (Å²) in [5.74, 6) is 0.734. The number of ether oxygens (including phenoxy) is 1. The molecule has 0 bridgehead atoms. The molecule has 0 atom stereocenters. The van der Waals surface area contributed by atoms with Crippen molar-refractivity contribution in [1.82, 2.24) is 5.32 Å². The van der Waals surface area contributed by atoms with E-state index in [0.29, 0.717) is 6.61 Å². The topological polar surface area (TPSA) is 21.3 Å². The lowest BCUT2D eigenvalue weighted by Gasteiger charge is -2.05. The highest BCUT2D eigenvalue weighted by molar-refractivity contribution is 6.17. The van der Waals surface area contributed by atoms with Crippen molar-refractivity contribution in [2.24, 2.45) is 0 Å². The molecule has 0 spiro atoms. The van der Waals surface area contributed by atoms with Gasteiger partial charge in [-0.3, -0.25) is 0 Å². The molecule has 0 saturated carbocycles. The maximum atomic E-state index is 5.57. The number of hydrogen-bond donors (Lipinski definition) is 1. The molecule has 3 heteroatoms. The summed E-state index contributed by atoms with van der Waals surface area (Å²) in [6.07, 6.45) is 2.08. The van der Waals surface area contributed by atoms with Crippen LogP contribution in [0.4, 0.5) is 0 Å². The molecule has 0 aromatic heterocycles. The Morgan fingerprint density at radius 2 is 1.81 bits per heavy atom. The van der Waals surface area contributed by atoms with Gasteiger partial charge in [0.1, 0.15) is 0 Å². The maximum absolute atomic E-state index is 5.57. The van der Waals surface area contributed by atoms with Gasteiger partial charge < -0.3 is 10.1 Å². The zero-order valence-corrected chi connectivity index (χ0v) is 10.4. The lowest BCUT2D eigenvalue weighted by Crippen LogP contribution is -2.18.